The first-order valence-corrected chi connectivity index (χ1v) is 7.78. The zero-order chi connectivity index (χ0) is 17.4. The third kappa shape index (κ3) is 2.61. The van der Waals surface area contributed by atoms with Crippen molar-refractivity contribution < 1.29 is 9.18 Å². The zero-order valence-corrected chi connectivity index (χ0v) is 13.2. The lowest BCUT2D eigenvalue weighted by Crippen LogP contribution is -2.41. The van der Waals surface area contributed by atoms with Crippen LogP contribution in [0.15, 0.2) is 53.6 Å². The first kappa shape index (κ1) is 15.3. The van der Waals surface area contributed by atoms with Gasteiger partial charge in [-0.25, -0.2) is 9.18 Å². The second-order valence-corrected chi connectivity index (χ2v) is 5.67. The van der Waals surface area contributed by atoms with E-state index >= 15 is 0 Å². The molecule has 1 aliphatic heterocycles. The van der Waals surface area contributed by atoms with E-state index in [1.165, 1.54) is 32.3 Å². The number of hydrogen-bond acceptors (Lipinski definition) is 4. The van der Waals surface area contributed by atoms with Crippen LogP contribution in [-0.4, -0.2) is 36.7 Å². The molecule has 0 unspecified atom stereocenters. The molecular weight excluding hydrogens is 325 g/mol. The van der Waals surface area contributed by atoms with E-state index in [1.807, 2.05) is 0 Å². The summed E-state index contributed by atoms with van der Waals surface area (Å²) < 4.78 is 16.7. The van der Waals surface area contributed by atoms with Crippen molar-refractivity contribution in [2.45, 2.75) is 13.1 Å². The summed E-state index contributed by atoms with van der Waals surface area (Å²) in [6, 6.07) is 9.23. The summed E-state index contributed by atoms with van der Waals surface area (Å²) >= 11 is 0. The second kappa shape index (κ2) is 5.97. The number of carbonyl (C=O) groups is 1. The number of amides is 1. The molecule has 1 amide bonds. The molecule has 0 radical (unpaired) electrons. The topological polar surface area (TPSA) is 73.0 Å². The van der Waals surface area contributed by atoms with E-state index in [-0.39, 0.29) is 17.8 Å². The van der Waals surface area contributed by atoms with Crippen molar-refractivity contribution in [2.75, 3.05) is 6.54 Å². The molecule has 25 heavy (non-hydrogen) atoms. The van der Waals surface area contributed by atoms with Crippen molar-refractivity contribution in [3.8, 4) is 5.69 Å². The molecule has 4 rings (SSSR count). The molecule has 0 bridgehead atoms. The predicted octanol–water partition coefficient (Wildman–Crippen LogP) is 1.22. The van der Waals surface area contributed by atoms with Crippen LogP contribution in [0.4, 0.5) is 4.39 Å². The molecule has 0 fully saturated rings. The van der Waals surface area contributed by atoms with Crippen LogP contribution in [-0.2, 0) is 13.1 Å². The van der Waals surface area contributed by atoms with Gasteiger partial charge in [0.2, 0.25) is 0 Å². The number of benzene rings is 1. The van der Waals surface area contributed by atoms with Crippen LogP contribution < -0.4 is 5.69 Å². The van der Waals surface area contributed by atoms with Gasteiger partial charge in [0.05, 0.1) is 17.8 Å². The number of fused-ring (bicyclic) bond motifs is 1. The largest absolute Gasteiger partial charge is 0.350 e. The van der Waals surface area contributed by atoms with Crippen LogP contribution in [0, 0.1) is 5.82 Å². The molecule has 3 aromatic rings. The highest BCUT2D eigenvalue weighted by Crippen LogP contribution is 2.15. The molecule has 0 aliphatic carbocycles. The molecule has 0 spiro atoms. The van der Waals surface area contributed by atoms with Gasteiger partial charge in [-0.05, 0) is 24.3 Å². The third-order valence-corrected chi connectivity index (χ3v) is 4.16. The highest BCUT2D eigenvalue weighted by atomic mass is 19.1. The number of hydrogen-bond donors (Lipinski definition) is 0. The van der Waals surface area contributed by atoms with E-state index in [0.717, 1.165) is 0 Å². The molecule has 0 saturated carbocycles. The van der Waals surface area contributed by atoms with Gasteiger partial charge in [-0.3, -0.25) is 14.3 Å². The van der Waals surface area contributed by atoms with E-state index in [2.05, 4.69) is 10.1 Å². The Morgan fingerprint density at radius 3 is 2.60 bits per heavy atom. The van der Waals surface area contributed by atoms with Crippen LogP contribution >= 0.6 is 0 Å². The van der Waals surface area contributed by atoms with E-state index < -0.39 is 11.7 Å². The van der Waals surface area contributed by atoms with Crippen molar-refractivity contribution in [1.82, 2.24) is 24.2 Å². The summed E-state index contributed by atoms with van der Waals surface area (Å²) in [7, 11) is 0. The van der Waals surface area contributed by atoms with Gasteiger partial charge in [0.25, 0.3) is 5.91 Å². The second-order valence-electron chi connectivity index (χ2n) is 5.67. The summed E-state index contributed by atoms with van der Waals surface area (Å²) in [4.78, 5) is 30.5. The fourth-order valence-electron chi connectivity index (χ4n) is 2.88. The Labute approximate surface area is 142 Å². The summed E-state index contributed by atoms with van der Waals surface area (Å²) in [5.74, 6) is -0.495. The van der Waals surface area contributed by atoms with Gasteiger partial charge >= 0.3 is 5.69 Å². The minimum atomic E-state index is -0.558. The van der Waals surface area contributed by atoms with E-state index in [0.29, 0.717) is 24.6 Å². The molecule has 0 atom stereocenters. The number of pyridine rings is 1. The van der Waals surface area contributed by atoms with Crippen molar-refractivity contribution in [3.05, 3.63) is 76.5 Å². The maximum atomic E-state index is 13.9. The van der Waals surface area contributed by atoms with Crippen LogP contribution in [0.1, 0.15) is 16.2 Å². The molecule has 3 heterocycles. The van der Waals surface area contributed by atoms with Crippen molar-refractivity contribution >= 4 is 5.91 Å². The van der Waals surface area contributed by atoms with E-state index in [4.69, 9.17) is 0 Å². The lowest BCUT2D eigenvalue weighted by Gasteiger charge is -2.26. The monoisotopic (exact) mass is 339 g/mol. The number of aromatic nitrogens is 4. The molecular formula is C17H14FN5O2. The third-order valence-electron chi connectivity index (χ3n) is 4.16. The molecule has 7 nitrogen and oxygen atoms in total. The fourth-order valence-corrected chi connectivity index (χ4v) is 2.88. The summed E-state index contributed by atoms with van der Waals surface area (Å²) in [6.45, 7) is 0.794. The van der Waals surface area contributed by atoms with E-state index in [9.17, 15) is 14.0 Å². The number of nitrogens with zero attached hydrogens (tertiary/aromatic N) is 5. The quantitative estimate of drug-likeness (QED) is 0.704. The number of halogens is 1. The minimum absolute atomic E-state index is 0.0202. The van der Waals surface area contributed by atoms with Crippen LogP contribution in [0.3, 0.4) is 0 Å². The fraction of sp³-hybridized carbons (Fsp3) is 0.176. The lowest BCUT2D eigenvalue weighted by atomic mass is 10.1. The Hall–Kier alpha value is -3.29. The Balaban J connectivity index is 1.65. The first-order valence-electron chi connectivity index (χ1n) is 7.78. The molecule has 2 aromatic heterocycles. The van der Waals surface area contributed by atoms with Gasteiger partial charge in [0, 0.05) is 25.5 Å². The number of carbonyl (C=O) groups excluding carboxylic acids is 1. The SMILES string of the molecule is O=C(c1ccccc1F)N1CCn2c(nn(-c3ccncc3)c2=O)C1. The smallest absolute Gasteiger partial charge is 0.329 e. The predicted molar refractivity (Wildman–Crippen MR) is 86.8 cm³/mol. The molecule has 0 N–H and O–H groups in total. The first-order chi connectivity index (χ1) is 12.1. The molecule has 126 valence electrons. The summed E-state index contributed by atoms with van der Waals surface area (Å²) in [5, 5.41) is 4.32. The average molecular weight is 339 g/mol. The molecule has 1 aromatic carbocycles. The lowest BCUT2D eigenvalue weighted by molar-refractivity contribution is 0.0701. The van der Waals surface area contributed by atoms with Gasteiger partial charge in [-0.15, -0.1) is 5.10 Å². The highest BCUT2D eigenvalue weighted by molar-refractivity contribution is 5.94. The van der Waals surface area contributed by atoms with Crippen LogP contribution in [0.25, 0.3) is 5.69 Å². The highest BCUT2D eigenvalue weighted by Gasteiger charge is 2.27. The maximum absolute atomic E-state index is 13.9. The molecule has 1 aliphatic rings. The van der Waals surface area contributed by atoms with Gasteiger partial charge in [0.1, 0.15) is 5.82 Å². The van der Waals surface area contributed by atoms with Crippen molar-refractivity contribution in [1.29, 1.82) is 0 Å². The zero-order valence-electron chi connectivity index (χ0n) is 13.2. The Morgan fingerprint density at radius 1 is 1.08 bits per heavy atom. The standard InChI is InChI=1S/C17H14FN5O2/c18-14-4-2-1-3-13(14)16(24)21-9-10-22-15(11-21)20-23(17(22)25)12-5-7-19-8-6-12/h1-8H,9-11H2. The molecule has 8 heteroatoms. The maximum Gasteiger partial charge on any atom is 0.350 e. The molecule has 0 saturated heterocycles. The van der Waals surface area contributed by atoms with Gasteiger partial charge in [-0.2, -0.15) is 4.68 Å². The van der Waals surface area contributed by atoms with Crippen LogP contribution in [0.2, 0.25) is 0 Å². The van der Waals surface area contributed by atoms with Crippen molar-refractivity contribution in [3.63, 3.8) is 0 Å². The Bertz CT molecular complexity index is 996. The van der Waals surface area contributed by atoms with E-state index in [1.54, 1.807) is 30.6 Å². The van der Waals surface area contributed by atoms with Gasteiger partial charge < -0.3 is 4.90 Å². The Morgan fingerprint density at radius 2 is 1.84 bits per heavy atom. The van der Waals surface area contributed by atoms with Crippen LogP contribution in [0.5, 0.6) is 0 Å². The normalized spacial score (nSPS) is 13.6. The summed E-state index contributed by atoms with van der Waals surface area (Å²) in [6.07, 6.45) is 3.15. The van der Waals surface area contributed by atoms with Gasteiger partial charge in [-0.1, -0.05) is 12.1 Å². The average Bonchev–Trinajstić information content (AvgIpc) is 2.98. The summed E-state index contributed by atoms with van der Waals surface area (Å²) in [5.41, 5.74) is 0.361. The van der Waals surface area contributed by atoms with Crippen molar-refractivity contribution in [2.24, 2.45) is 0 Å². The Kier molecular flexibility index (Phi) is 3.64. The van der Waals surface area contributed by atoms with Gasteiger partial charge in [0.15, 0.2) is 5.82 Å². The number of rotatable bonds is 2. The minimum Gasteiger partial charge on any atom is -0.329 e.